The molecular weight excluding hydrogens is 516 g/mol. The first kappa shape index (κ1) is 33.8. The smallest absolute Gasteiger partial charge is 0.410 e. The molecule has 222 valence electrons. The predicted octanol–water partition coefficient (Wildman–Crippen LogP) is 9.51. The van der Waals surface area contributed by atoms with Crippen LogP contribution in [-0.2, 0) is 6.42 Å². The summed E-state index contributed by atoms with van der Waals surface area (Å²) < 4.78 is 30.1. The Morgan fingerprint density at radius 2 is 1.83 bits per heavy atom. The third-order valence-electron chi connectivity index (χ3n) is 6.51. The molecule has 1 fully saturated rings. The van der Waals surface area contributed by atoms with E-state index in [4.69, 9.17) is 10.7 Å². The second-order valence-electron chi connectivity index (χ2n) is 10.0. The van der Waals surface area contributed by atoms with Crippen LogP contribution in [0.25, 0.3) is 5.70 Å². The first-order valence-corrected chi connectivity index (χ1v) is 14.9. The van der Waals surface area contributed by atoms with E-state index in [1.165, 1.54) is 35.6 Å². The van der Waals surface area contributed by atoms with Crippen molar-refractivity contribution in [1.29, 1.82) is 0 Å². The first-order chi connectivity index (χ1) is 19.8. The van der Waals surface area contributed by atoms with Crippen LogP contribution in [0.1, 0.15) is 100 Å². The molecule has 0 unspecified atom stereocenters. The Labute approximate surface area is 245 Å². The van der Waals surface area contributed by atoms with Crippen LogP contribution < -0.4 is 10.5 Å². The van der Waals surface area contributed by atoms with Gasteiger partial charge in [-0.25, -0.2) is 0 Å². The maximum Gasteiger partial charge on any atom is 0.410 e. The Morgan fingerprint density at radius 1 is 1.07 bits per heavy atom. The van der Waals surface area contributed by atoms with Gasteiger partial charge >= 0.3 is 6.11 Å². The van der Waals surface area contributed by atoms with Crippen LogP contribution in [0.5, 0.6) is 5.75 Å². The lowest BCUT2D eigenvalue weighted by atomic mass is 9.99. The van der Waals surface area contributed by atoms with Gasteiger partial charge in [0.25, 0.3) is 0 Å². The number of alkyl halides is 2. The number of halogens is 2. The predicted molar refractivity (Wildman–Crippen MR) is 169 cm³/mol. The number of aryl methyl sites for hydroxylation is 2. The molecule has 1 aliphatic carbocycles. The van der Waals surface area contributed by atoms with Gasteiger partial charge in [-0.2, -0.15) is 8.78 Å². The van der Waals surface area contributed by atoms with Gasteiger partial charge in [0.2, 0.25) is 0 Å². The second kappa shape index (κ2) is 17.4. The van der Waals surface area contributed by atoms with Crippen LogP contribution in [0.2, 0.25) is 0 Å². The van der Waals surface area contributed by atoms with Gasteiger partial charge in [-0.1, -0.05) is 70.9 Å². The quantitative estimate of drug-likeness (QED) is 0.236. The number of unbranched alkanes of at least 4 members (excludes halogenated alkanes) is 1. The van der Waals surface area contributed by atoms with Gasteiger partial charge in [-0.3, -0.25) is 9.98 Å². The molecule has 2 N–H and O–H groups in total. The maximum absolute atomic E-state index is 12.8. The molecule has 2 aromatic carbocycles. The standard InChI is InChI=1S/C22H26N2.C11H15F2NO.C2H6/c1-4-5-8-22(20-7-6-13-23-15-20)24-17(3)21-14-19(18-11-12-18)10-9-16(21)2;1-2-4-9-5-3-6-10(7-9)15-11(12,13)8-14;1-2/h6-10,13-15,18H,4-5,11-12H2,1-3H3;3,5-7H,2,4,8,14H2,1H3;1-2H3/b22-8+,24-17?;;. The number of aromatic nitrogens is 1. The Hall–Kier alpha value is -3.38. The molecule has 0 spiro atoms. The molecule has 0 radical (unpaired) electrons. The topological polar surface area (TPSA) is 60.5 Å². The molecular formula is C35H47F2N3O. The first-order valence-electron chi connectivity index (χ1n) is 14.9. The van der Waals surface area contributed by atoms with Crippen LogP contribution in [0.15, 0.2) is 78.1 Å². The normalized spacial score (nSPS) is 13.5. The fourth-order valence-corrected chi connectivity index (χ4v) is 4.23. The van der Waals surface area contributed by atoms with Gasteiger partial charge < -0.3 is 10.5 Å². The largest absolute Gasteiger partial charge is 0.432 e. The zero-order chi connectivity index (χ0) is 30.3. The molecule has 4 rings (SSSR count). The summed E-state index contributed by atoms with van der Waals surface area (Å²) in [4.78, 5) is 9.22. The Morgan fingerprint density at radius 3 is 2.44 bits per heavy atom. The van der Waals surface area contributed by atoms with E-state index in [1.54, 1.807) is 18.3 Å². The van der Waals surface area contributed by atoms with Crippen molar-refractivity contribution in [1.82, 2.24) is 4.98 Å². The number of aliphatic imine (C=N–C) groups is 1. The van der Waals surface area contributed by atoms with Crippen molar-refractivity contribution in [3.05, 3.63) is 101 Å². The molecule has 0 amide bonds. The van der Waals surface area contributed by atoms with Crippen molar-refractivity contribution in [3.8, 4) is 5.75 Å². The third-order valence-corrected chi connectivity index (χ3v) is 6.51. The van der Waals surface area contributed by atoms with Crippen LogP contribution in [0.3, 0.4) is 0 Å². The molecule has 0 atom stereocenters. The van der Waals surface area contributed by atoms with Gasteiger partial charge in [0.1, 0.15) is 5.75 Å². The van der Waals surface area contributed by atoms with Crippen molar-refractivity contribution < 1.29 is 13.5 Å². The minimum absolute atomic E-state index is 0.163. The van der Waals surface area contributed by atoms with Gasteiger partial charge in [-0.05, 0) is 98.0 Å². The van der Waals surface area contributed by atoms with E-state index in [9.17, 15) is 8.78 Å². The van der Waals surface area contributed by atoms with E-state index in [1.807, 2.05) is 39.1 Å². The summed E-state index contributed by atoms with van der Waals surface area (Å²) in [6, 6.07) is 17.6. The van der Waals surface area contributed by atoms with E-state index in [-0.39, 0.29) is 5.75 Å². The van der Waals surface area contributed by atoms with E-state index >= 15 is 0 Å². The molecule has 0 aliphatic heterocycles. The van der Waals surface area contributed by atoms with Gasteiger partial charge in [-0.15, -0.1) is 0 Å². The summed E-state index contributed by atoms with van der Waals surface area (Å²) in [5.41, 5.74) is 13.1. The minimum atomic E-state index is -3.29. The number of nitrogens with zero attached hydrogens (tertiary/aromatic N) is 2. The number of ether oxygens (including phenoxy) is 1. The lowest BCUT2D eigenvalue weighted by molar-refractivity contribution is -0.166. The number of pyridine rings is 1. The van der Waals surface area contributed by atoms with Crippen LogP contribution in [0.4, 0.5) is 8.78 Å². The number of allylic oxidation sites excluding steroid dienone is 1. The fourth-order valence-electron chi connectivity index (χ4n) is 4.23. The lowest BCUT2D eigenvalue weighted by Gasteiger charge is -2.16. The monoisotopic (exact) mass is 563 g/mol. The summed E-state index contributed by atoms with van der Waals surface area (Å²) in [5, 5.41) is 0. The third kappa shape index (κ3) is 11.6. The molecule has 41 heavy (non-hydrogen) atoms. The summed E-state index contributed by atoms with van der Waals surface area (Å²) >= 11 is 0. The van der Waals surface area contributed by atoms with Gasteiger partial charge in [0.15, 0.2) is 0 Å². The molecule has 1 heterocycles. The highest BCUT2D eigenvalue weighted by Crippen LogP contribution is 2.40. The van der Waals surface area contributed by atoms with Crippen LogP contribution >= 0.6 is 0 Å². The summed E-state index contributed by atoms with van der Waals surface area (Å²) in [7, 11) is 0. The number of rotatable bonds is 11. The van der Waals surface area contributed by atoms with Crippen molar-refractivity contribution in [2.75, 3.05) is 6.54 Å². The average molecular weight is 564 g/mol. The number of benzene rings is 2. The zero-order valence-electron chi connectivity index (χ0n) is 25.6. The van der Waals surface area contributed by atoms with Crippen molar-refractivity contribution in [2.45, 2.75) is 92.1 Å². The Bertz CT molecular complexity index is 1250. The van der Waals surface area contributed by atoms with E-state index in [2.05, 4.69) is 60.8 Å². The fraction of sp³-hybridized carbons (Fsp3) is 0.429. The Kier molecular flexibility index (Phi) is 14.4. The van der Waals surface area contributed by atoms with Gasteiger partial charge in [0, 0.05) is 23.7 Å². The van der Waals surface area contributed by atoms with E-state index < -0.39 is 12.7 Å². The molecule has 6 heteroatoms. The van der Waals surface area contributed by atoms with Crippen molar-refractivity contribution in [2.24, 2.45) is 10.7 Å². The molecule has 1 saturated carbocycles. The second-order valence-corrected chi connectivity index (χ2v) is 10.0. The van der Waals surface area contributed by atoms with Gasteiger partial charge in [0.05, 0.1) is 12.2 Å². The molecule has 1 aromatic heterocycles. The van der Waals surface area contributed by atoms with Crippen LogP contribution in [-0.4, -0.2) is 23.3 Å². The minimum Gasteiger partial charge on any atom is -0.432 e. The number of hydrogen-bond acceptors (Lipinski definition) is 4. The highest BCUT2D eigenvalue weighted by molar-refractivity contribution is 6.03. The SMILES string of the molecule is CC.CCC/C=C(/N=C(C)c1cc(C2CC2)ccc1C)c1cccnc1.CCCc1cccc(OC(F)(F)CN)c1. The maximum atomic E-state index is 12.8. The molecule has 3 aromatic rings. The zero-order valence-corrected chi connectivity index (χ0v) is 25.6. The molecule has 0 saturated heterocycles. The lowest BCUT2D eigenvalue weighted by Crippen LogP contribution is -2.34. The number of nitrogens with two attached hydrogens (primary N) is 1. The number of hydrogen-bond donors (Lipinski definition) is 1. The summed E-state index contributed by atoms with van der Waals surface area (Å²) in [6.07, 6.45) is 9.27. The summed E-state index contributed by atoms with van der Waals surface area (Å²) in [6.45, 7) is 11.7. The molecule has 0 bridgehead atoms. The van der Waals surface area contributed by atoms with E-state index in [0.29, 0.717) is 0 Å². The average Bonchev–Trinajstić information content (AvgIpc) is 3.83. The Balaban J connectivity index is 0.000000298. The summed E-state index contributed by atoms with van der Waals surface area (Å²) in [5.74, 6) is 0.932. The van der Waals surface area contributed by atoms with Crippen molar-refractivity contribution in [3.63, 3.8) is 0 Å². The van der Waals surface area contributed by atoms with Crippen LogP contribution in [0, 0.1) is 6.92 Å². The molecule has 4 nitrogen and oxygen atoms in total. The molecule has 1 aliphatic rings. The van der Waals surface area contributed by atoms with Crippen molar-refractivity contribution >= 4 is 11.4 Å². The highest BCUT2D eigenvalue weighted by Gasteiger charge is 2.29. The highest BCUT2D eigenvalue weighted by atomic mass is 19.3. The van der Waals surface area contributed by atoms with E-state index in [0.717, 1.165) is 54.1 Å².